The van der Waals surface area contributed by atoms with Gasteiger partial charge in [0.1, 0.15) is 0 Å². The molecule has 0 aromatic rings. The van der Waals surface area contributed by atoms with E-state index in [0.717, 1.165) is 0 Å². The molecular formula is C7H5F4NO2. The normalized spacial score (nSPS) is 27.3. The monoisotopic (exact) mass is 211 g/mol. The minimum absolute atomic E-state index is 0.502. The van der Waals surface area contributed by atoms with Gasteiger partial charge < -0.3 is 0 Å². The highest BCUT2D eigenvalue weighted by Gasteiger charge is 2.48. The van der Waals surface area contributed by atoms with Crippen LogP contribution in [0.3, 0.4) is 0 Å². The Morgan fingerprint density at radius 3 is 2.50 bits per heavy atom. The maximum absolute atomic E-state index is 13.1. The summed E-state index contributed by atoms with van der Waals surface area (Å²) in [7, 11) is 0. The number of alkyl halides is 4. The van der Waals surface area contributed by atoms with Gasteiger partial charge in [0.15, 0.2) is 0 Å². The topological polar surface area (TPSA) is 43.1 Å². The van der Waals surface area contributed by atoms with E-state index in [1.165, 1.54) is 0 Å². The summed E-state index contributed by atoms with van der Waals surface area (Å²) in [6, 6.07) is 0. The molecule has 0 heterocycles. The lowest BCUT2D eigenvalue weighted by molar-refractivity contribution is -0.589. The molecule has 0 saturated carbocycles. The van der Waals surface area contributed by atoms with E-state index in [1.54, 1.807) is 0 Å². The van der Waals surface area contributed by atoms with Gasteiger partial charge in [-0.3, -0.25) is 10.1 Å². The Morgan fingerprint density at radius 2 is 2.07 bits per heavy atom. The molecule has 3 nitrogen and oxygen atoms in total. The van der Waals surface area contributed by atoms with E-state index in [4.69, 9.17) is 0 Å². The van der Waals surface area contributed by atoms with E-state index in [2.05, 4.69) is 0 Å². The molecule has 0 radical (unpaired) electrons. The van der Waals surface area contributed by atoms with E-state index in [9.17, 15) is 27.7 Å². The average Bonchev–Trinajstić information content (AvgIpc) is 2.02. The van der Waals surface area contributed by atoms with Crippen LogP contribution in [-0.4, -0.2) is 16.9 Å². The molecule has 1 atom stereocenters. The molecule has 1 aliphatic rings. The van der Waals surface area contributed by atoms with Crippen molar-refractivity contribution >= 4 is 0 Å². The first kappa shape index (κ1) is 10.7. The summed E-state index contributed by atoms with van der Waals surface area (Å²) in [5.74, 6) is -3.14. The molecule has 0 N–H and O–H groups in total. The third-order valence-corrected chi connectivity index (χ3v) is 1.76. The summed E-state index contributed by atoms with van der Waals surface area (Å²) >= 11 is 0. The van der Waals surface area contributed by atoms with Crippen molar-refractivity contribution in [2.75, 3.05) is 0 Å². The Balaban J connectivity index is 2.95. The molecule has 0 amide bonds. The Bertz CT molecular complexity index is 320. The summed E-state index contributed by atoms with van der Waals surface area (Å²) in [5, 5.41) is 10.1. The largest absolute Gasteiger partial charge is 0.413 e. The molecule has 1 rings (SSSR count). The molecule has 0 saturated heterocycles. The Morgan fingerprint density at radius 1 is 1.50 bits per heavy atom. The average molecular weight is 211 g/mol. The van der Waals surface area contributed by atoms with Gasteiger partial charge in [-0.05, 0) is 0 Å². The van der Waals surface area contributed by atoms with Gasteiger partial charge in [0.25, 0.3) is 0 Å². The molecule has 0 spiro atoms. The number of nitro groups is 1. The van der Waals surface area contributed by atoms with Crippen molar-refractivity contribution in [3.8, 4) is 0 Å². The zero-order valence-corrected chi connectivity index (χ0v) is 6.71. The maximum atomic E-state index is 13.1. The van der Waals surface area contributed by atoms with Crippen LogP contribution in [-0.2, 0) is 0 Å². The van der Waals surface area contributed by atoms with Crippen molar-refractivity contribution in [1.29, 1.82) is 0 Å². The first-order valence-corrected chi connectivity index (χ1v) is 3.55. The predicted octanol–water partition coefficient (Wildman–Crippen LogP) is 2.38. The minimum atomic E-state index is -4.72. The second kappa shape index (κ2) is 3.07. The Hall–Kier alpha value is -1.40. The fraction of sp³-hybridized carbons (Fsp3) is 0.429. The number of hydrogen-bond donors (Lipinski definition) is 0. The van der Waals surface area contributed by atoms with E-state index >= 15 is 0 Å². The Kier molecular flexibility index (Phi) is 2.34. The molecule has 7 heteroatoms. The van der Waals surface area contributed by atoms with Gasteiger partial charge in [0.05, 0.1) is 11.3 Å². The maximum Gasteiger partial charge on any atom is 0.413 e. The van der Waals surface area contributed by atoms with E-state index < -0.39 is 28.9 Å². The van der Waals surface area contributed by atoms with Gasteiger partial charge >= 0.3 is 12.0 Å². The predicted molar refractivity (Wildman–Crippen MR) is 38.7 cm³/mol. The van der Waals surface area contributed by atoms with Crippen LogP contribution >= 0.6 is 0 Å². The fourth-order valence-corrected chi connectivity index (χ4v) is 1.02. The molecule has 0 aliphatic heterocycles. The first-order chi connectivity index (χ1) is 6.26. The fourth-order valence-electron chi connectivity index (χ4n) is 1.02. The quantitative estimate of drug-likeness (QED) is 0.289. The van der Waals surface area contributed by atoms with Crippen LogP contribution in [0.1, 0.15) is 6.42 Å². The lowest BCUT2D eigenvalue weighted by Gasteiger charge is -2.19. The van der Waals surface area contributed by atoms with Crippen LogP contribution in [0, 0.1) is 10.1 Å². The van der Waals surface area contributed by atoms with Gasteiger partial charge in [-0.2, -0.15) is 17.6 Å². The second-order valence-corrected chi connectivity index (χ2v) is 2.80. The summed E-state index contributed by atoms with van der Waals surface area (Å²) in [6.07, 6.45) is -4.17. The lowest BCUT2D eigenvalue weighted by atomic mass is 9.98. The minimum Gasteiger partial charge on any atom is -0.261 e. The van der Waals surface area contributed by atoms with E-state index in [0.29, 0.717) is 18.2 Å². The van der Waals surface area contributed by atoms with Gasteiger partial charge in [-0.25, -0.2) is 0 Å². The number of rotatable bonds is 1. The number of allylic oxidation sites excluding steroid dienone is 2. The van der Waals surface area contributed by atoms with Crippen molar-refractivity contribution in [2.45, 2.75) is 18.4 Å². The zero-order valence-electron chi connectivity index (χ0n) is 6.71. The molecule has 14 heavy (non-hydrogen) atoms. The van der Waals surface area contributed by atoms with Crippen LogP contribution < -0.4 is 0 Å². The highest BCUT2D eigenvalue weighted by Crippen LogP contribution is 2.36. The van der Waals surface area contributed by atoms with Crippen LogP contribution in [0.2, 0.25) is 0 Å². The van der Waals surface area contributed by atoms with Crippen LogP contribution in [0.15, 0.2) is 23.8 Å². The third-order valence-electron chi connectivity index (χ3n) is 1.76. The van der Waals surface area contributed by atoms with Crippen LogP contribution in [0.25, 0.3) is 0 Å². The molecule has 0 aromatic heterocycles. The summed E-state index contributed by atoms with van der Waals surface area (Å²) in [6.45, 7) is 0. The number of hydrogen-bond acceptors (Lipinski definition) is 2. The van der Waals surface area contributed by atoms with Gasteiger partial charge in [0, 0.05) is 11.6 Å². The van der Waals surface area contributed by atoms with Gasteiger partial charge in [-0.1, -0.05) is 12.2 Å². The summed E-state index contributed by atoms with van der Waals surface area (Å²) in [4.78, 5) is 8.76. The van der Waals surface area contributed by atoms with E-state index in [-0.39, 0.29) is 0 Å². The van der Waals surface area contributed by atoms with Gasteiger partial charge in [0.2, 0.25) is 0 Å². The summed E-state index contributed by atoms with van der Waals surface area (Å²) in [5.41, 5.74) is -1.24. The summed E-state index contributed by atoms with van der Waals surface area (Å²) < 4.78 is 49.3. The molecule has 0 aromatic carbocycles. The molecule has 0 bridgehead atoms. The molecule has 78 valence electrons. The highest BCUT2D eigenvalue weighted by molar-refractivity contribution is 5.26. The Labute approximate surface area is 75.9 Å². The standard InChI is InChI=1S/C7H5F4NO2/c8-6(12(13)14)3-1-2-5(4-6)7(9,10)11/h1-3H,4H2. The van der Waals surface area contributed by atoms with Crippen molar-refractivity contribution < 1.29 is 22.5 Å². The smallest absolute Gasteiger partial charge is 0.261 e. The van der Waals surface area contributed by atoms with Crippen LogP contribution in [0.5, 0.6) is 0 Å². The lowest BCUT2D eigenvalue weighted by Crippen LogP contribution is -2.35. The third kappa shape index (κ3) is 1.91. The molecular weight excluding hydrogens is 206 g/mol. The van der Waals surface area contributed by atoms with E-state index in [1.807, 2.05) is 0 Å². The van der Waals surface area contributed by atoms with Gasteiger partial charge in [-0.15, -0.1) is 0 Å². The molecule has 0 fully saturated rings. The van der Waals surface area contributed by atoms with Crippen molar-refractivity contribution in [3.63, 3.8) is 0 Å². The van der Waals surface area contributed by atoms with Crippen molar-refractivity contribution in [1.82, 2.24) is 0 Å². The molecule has 1 aliphatic carbocycles. The highest BCUT2D eigenvalue weighted by atomic mass is 19.4. The number of nitrogens with zero attached hydrogens (tertiary/aromatic N) is 1. The molecule has 1 unspecified atom stereocenters. The number of halogens is 4. The van der Waals surface area contributed by atoms with Crippen molar-refractivity contribution in [2.24, 2.45) is 0 Å². The van der Waals surface area contributed by atoms with Crippen LogP contribution in [0.4, 0.5) is 17.6 Å². The van der Waals surface area contributed by atoms with Crippen molar-refractivity contribution in [3.05, 3.63) is 33.9 Å². The zero-order chi connectivity index (χ0) is 11.0. The second-order valence-electron chi connectivity index (χ2n) is 2.80. The SMILES string of the molecule is O=[N+]([O-])C1(F)C=CC=C(C(F)(F)F)C1. The first-order valence-electron chi connectivity index (χ1n) is 3.55.